The van der Waals surface area contributed by atoms with E-state index in [1.54, 1.807) is 24.3 Å². The van der Waals surface area contributed by atoms with Crippen molar-refractivity contribution >= 4 is 21.7 Å². The number of fused-ring (bicyclic) bond motifs is 1. The van der Waals surface area contributed by atoms with E-state index in [1.807, 2.05) is 6.20 Å². The average Bonchev–Trinajstić information content (AvgIpc) is 2.48. The second-order valence-corrected chi connectivity index (χ2v) is 6.84. The number of hydrogen-bond donors (Lipinski definition) is 3. The molecule has 22 heavy (non-hydrogen) atoms. The van der Waals surface area contributed by atoms with Crippen LogP contribution >= 0.6 is 0 Å². The minimum Gasteiger partial charge on any atom is -0.324 e. The van der Waals surface area contributed by atoms with Gasteiger partial charge in [-0.1, -0.05) is 12.1 Å². The highest BCUT2D eigenvalue weighted by atomic mass is 32.2. The van der Waals surface area contributed by atoms with Crippen molar-refractivity contribution in [2.45, 2.75) is 18.7 Å². The molecule has 1 aliphatic heterocycles. The highest BCUT2D eigenvalue weighted by molar-refractivity contribution is 7.88. The van der Waals surface area contributed by atoms with Gasteiger partial charge in [0.05, 0.1) is 11.4 Å². The zero-order chi connectivity index (χ0) is 15.6. The fourth-order valence-corrected chi connectivity index (χ4v) is 3.00. The summed E-state index contributed by atoms with van der Waals surface area (Å²) in [6, 6.07) is 6.99. The van der Waals surface area contributed by atoms with Crippen LogP contribution in [0.4, 0.5) is 11.6 Å². The van der Waals surface area contributed by atoms with Crippen molar-refractivity contribution in [1.82, 2.24) is 15.3 Å². The highest BCUT2D eigenvalue weighted by Gasteiger charge is 2.11. The van der Waals surface area contributed by atoms with Gasteiger partial charge in [-0.25, -0.2) is 23.5 Å². The van der Waals surface area contributed by atoms with Crippen LogP contribution in [0.2, 0.25) is 0 Å². The number of rotatable bonds is 4. The lowest BCUT2D eigenvalue weighted by Gasteiger charge is -2.16. The fraction of sp³-hybridized carbons (Fsp3) is 0.286. The van der Waals surface area contributed by atoms with E-state index in [4.69, 9.17) is 5.14 Å². The minimum atomic E-state index is -3.51. The Hall–Kier alpha value is -2.03. The van der Waals surface area contributed by atoms with Crippen LogP contribution in [0.15, 0.2) is 30.5 Å². The summed E-state index contributed by atoms with van der Waals surface area (Å²) >= 11 is 0. The van der Waals surface area contributed by atoms with Crippen LogP contribution in [0.3, 0.4) is 0 Å². The third kappa shape index (κ3) is 3.79. The van der Waals surface area contributed by atoms with Crippen LogP contribution < -0.4 is 15.8 Å². The Morgan fingerprint density at radius 3 is 2.77 bits per heavy atom. The summed E-state index contributed by atoms with van der Waals surface area (Å²) in [6.45, 7) is 1.70. The molecule has 8 heteroatoms. The SMILES string of the molecule is NS(=O)(=O)Cc1ccc(Nc2ncc3c(n2)CNCC3)cc1. The summed E-state index contributed by atoms with van der Waals surface area (Å²) in [5.74, 6) is 0.357. The van der Waals surface area contributed by atoms with E-state index in [0.717, 1.165) is 30.9 Å². The molecular formula is C14H17N5O2S. The molecule has 3 rings (SSSR count). The summed E-state index contributed by atoms with van der Waals surface area (Å²) in [6.07, 6.45) is 2.79. The van der Waals surface area contributed by atoms with Gasteiger partial charge in [0, 0.05) is 18.4 Å². The molecule has 0 bridgehead atoms. The molecule has 0 fully saturated rings. The zero-order valence-electron chi connectivity index (χ0n) is 11.9. The van der Waals surface area contributed by atoms with Gasteiger partial charge in [0.25, 0.3) is 0 Å². The number of benzene rings is 1. The Morgan fingerprint density at radius 2 is 2.05 bits per heavy atom. The quantitative estimate of drug-likeness (QED) is 0.763. The second kappa shape index (κ2) is 5.99. The van der Waals surface area contributed by atoms with E-state index in [1.165, 1.54) is 5.56 Å². The normalized spacial score (nSPS) is 14.4. The van der Waals surface area contributed by atoms with Gasteiger partial charge in [0.1, 0.15) is 0 Å². The largest absolute Gasteiger partial charge is 0.324 e. The van der Waals surface area contributed by atoms with Crippen LogP contribution in [0.5, 0.6) is 0 Å². The maximum absolute atomic E-state index is 11.0. The molecule has 4 N–H and O–H groups in total. The van der Waals surface area contributed by atoms with Gasteiger partial charge in [-0.05, 0) is 36.2 Å². The summed E-state index contributed by atoms with van der Waals surface area (Å²) < 4.78 is 22.1. The summed E-state index contributed by atoms with van der Waals surface area (Å²) in [5.41, 5.74) is 3.62. The number of anilines is 2. The van der Waals surface area contributed by atoms with Crippen LogP contribution in [0, 0.1) is 0 Å². The number of hydrogen-bond acceptors (Lipinski definition) is 6. The number of nitrogens with one attached hydrogen (secondary N) is 2. The van der Waals surface area contributed by atoms with Crippen molar-refractivity contribution in [3.63, 3.8) is 0 Å². The molecule has 0 aliphatic carbocycles. The Labute approximate surface area is 129 Å². The van der Waals surface area contributed by atoms with Gasteiger partial charge in [-0.2, -0.15) is 0 Å². The van der Waals surface area contributed by atoms with Gasteiger partial charge < -0.3 is 10.6 Å². The molecule has 1 aromatic carbocycles. The molecule has 0 radical (unpaired) electrons. The Balaban J connectivity index is 1.73. The molecule has 116 valence electrons. The summed E-state index contributed by atoms with van der Waals surface area (Å²) in [7, 11) is -3.51. The molecule has 0 saturated heterocycles. The molecule has 1 aromatic heterocycles. The molecule has 0 spiro atoms. The van der Waals surface area contributed by atoms with Crippen molar-refractivity contribution < 1.29 is 8.42 Å². The highest BCUT2D eigenvalue weighted by Crippen LogP contribution is 2.17. The molecule has 2 heterocycles. The van der Waals surface area contributed by atoms with Crippen LogP contribution in [0.25, 0.3) is 0 Å². The third-order valence-electron chi connectivity index (χ3n) is 3.40. The Kier molecular flexibility index (Phi) is 4.06. The average molecular weight is 319 g/mol. The number of sulfonamides is 1. The van der Waals surface area contributed by atoms with E-state index in [2.05, 4.69) is 20.6 Å². The van der Waals surface area contributed by atoms with E-state index in [0.29, 0.717) is 11.5 Å². The monoisotopic (exact) mass is 319 g/mol. The van der Waals surface area contributed by atoms with Crippen LogP contribution in [0.1, 0.15) is 16.8 Å². The van der Waals surface area contributed by atoms with E-state index >= 15 is 0 Å². The molecule has 0 atom stereocenters. The third-order valence-corrected chi connectivity index (χ3v) is 4.13. The van der Waals surface area contributed by atoms with Crippen LogP contribution in [-0.4, -0.2) is 24.9 Å². The molecule has 0 amide bonds. The molecule has 7 nitrogen and oxygen atoms in total. The number of primary sulfonamides is 1. The second-order valence-electron chi connectivity index (χ2n) is 5.22. The van der Waals surface area contributed by atoms with Gasteiger partial charge >= 0.3 is 0 Å². The number of aromatic nitrogens is 2. The van der Waals surface area contributed by atoms with E-state index < -0.39 is 10.0 Å². The summed E-state index contributed by atoms with van der Waals surface area (Å²) in [5, 5.41) is 11.4. The first-order valence-electron chi connectivity index (χ1n) is 6.91. The maximum atomic E-state index is 11.0. The fourth-order valence-electron chi connectivity index (χ4n) is 2.34. The van der Waals surface area contributed by atoms with E-state index in [-0.39, 0.29) is 5.75 Å². The Morgan fingerprint density at radius 1 is 1.27 bits per heavy atom. The Bertz CT molecular complexity index is 774. The molecule has 0 saturated carbocycles. The standard InChI is InChI=1S/C14H17N5O2S/c15-22(20,21)9-10-1-3-12(4-2-10)18-14-17-7-11-5-6-16-8-13(11)19-14/h1-4,7,16H,5-6,8-9H2,(H2,15,20,21)(H,17,18,19). The molecular weight excluding hydrogens is 302 g/mol. The summed E-state index contributed by atoms with van der Waals surface area (Å²) in [4.78, 5) is 8.79. The van der Waals surface area contributed by atoms with Crippen molar-refractivity contribution in [3.8, 4) is 0 Å². The predicted molar refractivity (Wildman–Crippen MR) is 84.0 cm³/mol. The van der Waals surface area contributed by atoms with Crippen molar-refractivity contribution in [2.75, 3.05) is 11.9 Å². The lowest BCUT2D eigenvalue weighted by atomic mass is 10.1. The minimum absolute atomic E-state index is 0.172. The van der Waals surface area contributed by atoms with Gasteiger partial charge in [0.15, 0.2) is 0 Å². The number of nitrogens with zero attached hydrogens (tertiary/aromatic N) is 2. The maximum Gasteiger partial charge on any atom is 0.227 e. The lowest BCUT2D eigenvalue weighted by Crippen LogP contribution is -2.25. The van der Waals surface area contributed by atoms with Crippen molar-refractivity contribution in [3.05, 3.63) is 47.3 Å². The molecule has 0 unspecified atom stereocenters. The van der Waals surface area contributed by atoms with Gasteiger partial charge in [-0.3, -0.25) is 0 Å². The predicted octanol–water partition coefficient (Wildman–Crippen LogP) is 0.654. The molecule has 2 aromatic rings. The van der Waals surface area contributed by atoms with Gasteiger partial charge in [-0.15, -0.1) is 0 Å². The lowest BCUT2D eigenvalue weighted by molar-refractivity contribution is 0.597. The van der Waals surface area contributed by atoms with Crippen molar-refractivity contribution in [2.24, 2.45) is 5.14 Å². The zero-order valence-corrected chi connectivity index (χ0v) is 12.7. The van der Waals surface area contributed by atoms with Gasteiger partial charge in [0.2, 0.25) is 16.0 Å². The first kappa shape index (κ1) is 14.9. The number of nitrogens with two attached hydrogens (primary N) is 1. The van der Waals surface area contributed by atoms with Crippen molar-refractivity contribution in [1.29, 1.82) is 0 Å². The topological polar surface area (TPSA) is 110 Å². The first-order chi connectivity index (χ1) is 10.5. The van der Waals surface area contributed by atoms with Crippen LogP contribution in [-0.2, 0) is 28.7 Å². The smallest absolute Gasteiger partial charge is 0.227 e. The van der Waals surface area contributed by atoms with E-state index in [9.17, 15) is 8.42 Å². The first-order valence-corrected chi connectivity index (χ1v) is 8.63. The molecule has 1 aliphatic rings.